The zero-order chi connectivity index (χ0) is 9.84. The molecule has 1 rings (SSSR count). The summed E-state index contributed by atoms with van der Waals surface area (Å²) in [7, 11) is 0. The third kappa shape index (κ3) is 2.79. The number of nitrogens with two attached hydrogens (primary N) is 1. The molecule has 0 aliphatic heterocycles. The monoisotopic (exact) mass is 198 g/mol. The van der Waals surface area contributed by atoms with Crippen LogP contribution in [0.5, 0.6) is 0 Å². The van der Waals surface area contributed by atoms with Crippen LogP contribution in [0.4, 0.5) is 0 Å². The highest BCUT2D eigenvalue weighted by Crippen LogP contribution is 2.14. The second-order valence-corrected chi connectivity index (χ2v) is 3.31. The van der Waals surface area contributed by atoms with E-state index in [9.17, 15) is 4.79 Å². The number of rotatable bonds is 3. The summed E-state index contributed by atoms with van der Waals surface area (Å²) in [6, 6.07) is 1.28. The van der Waals surface area contributed by atoms with Crippen LogP contribution in [-0.4, -0.2) is 16.8 Å². The van der Waals surface area contributed by atoms with Gasteiger partial charge in [0.1, 0.15) is 0 Å². The second-order valence-electron chi connectivity index (χ2n) is 2.90. The van der Waals surface area contributed by atoms with Gasteiger partial charge in [-0.15, -0.1) is 0 Å². The number of nitrogens with zero attached hydrogens (tertiary/aromatic N) is 1. The van der Waals surface area contributed by atoms with Gasteiger partial charge in [0.05, 0.1) is 11.1 Å². The van der Waals surface area contributed by atoms with Crippen LogP contribution in [0.3, 0.4) is 0 Å². The predicted molar refractivity (Wildman–Crippen MR) is 51.6 cm³/mol. The summed E-state index contributed by atoms with van der Waals surface area (Å²) in [4.78, 5) is 15.1. The molecule has 3 nitrogen and oxygen atoms in total. The highest BCUT2D eigenvalue weighted by molar-refractivity contribution is 6.31. The molecule has 0 saturated carbocycles. The fraction of sp³-hybridized carbons (Fsp3) is 0.333. The highest BCUT2D eigenvalue weighted by atomic mass is 35.5. The average molecular weight is 199 g/mol. The van der Waals surface area contributed by atoms with Crippen molar-refractivity contribution in [2.45, 2.75) is 19.4 Å². The zero-order valence-corrected chi connectivity index (χ0v) is 8.08. The molecule has 1 atom stereocenters. The van der Waals surface area contributed by atoms with Gasteiger partial charge in [0.2, 0.25) is 0 Å². The quantitative estimate of drug-likeness (QED) is 0.794. The summed E-state index contributed by atoms with van der Waals surface area (Å²) in [5.41, 5.74) is 6.20. The van der Waals surface area contributed by atoms with E-state index in [0.29, 0.717) is 5.02 Å². The first-order valence-electron chi connectivity index (χ1n) is 3.98. The molecule has 0 amide bonds. The van der Waals surface area contributed by atoms with Crippen molar-refractivity contribution in [2.75, 3.05) is 0 Å². The lowest BCUT2D eigenvalue weighted by Gasteiger charge is -2.04. The summed E-state index contributed by atoms with van der Waals surface area (Å²) in [5.74, 6) is -0.0203. The SMILES string of the molecule is CC(N)C(=O)Cc1ccncc1Cl. The van der Waals surface area contributed by atoms with Gasteiger partial charge in [0.25, 0.3) is 0 Å². The Morgan fingerprint density at radius 1 is 1.77 bits per heavy atom. The number of ketones is 1. The number of carbonyl (C=O) groups excluding carboxylic acids is 1. The van der Waals surface area contributed by atoms with Crippen LogP contribution < -0.4 is 5.73 Å². The zero-order valence-electron chi connectivity index (χ0n) is 7.33. The van der Waals surface area contributed by atoms with E-state index in [1.54, 1.807) is 19.2 Å². The Kier molecular flexibility index (Phi) is 3.39. The molecular weight excluding hydrogens is 188 g/mol. The van der Waals surface area contributed by atoms with Crippen molar-refractivity contribution in [1.82, 2.24) is 4.98 Å². The van der Waals surface area contributed by atoms with Gasteiger partial charge in [-0.25, -0.2) is 0 Å². The largest absolute Gasteiger partial charge is 0.322 e. The van der Waals surface area contributed by atoms with E-state index in [2.05, 4.69) is 4.98 Å². The van der Waals surface area contributed by atoms with E-state index < -0.39 is 6.04 Å². The molecule has 0 spiro atoms. The van der Waals surface area contributed by atoms with Crippen molar-refractivity contribution in [1.29, 1.82) is 0 Å². The van der Waals surface area contributed by atoms with Gasteiger partial charge in [0.15, 0.2) is 5.78 Å². The molecule has 70 valence electrons. The van der Waals surface area contributed by atoms with Crippen LogP contribution in [0.2, 0.25) is 5.02 Å². The summed E-state index contributed by atoms with van der Waals surface area (Å²) >= 11 is 5.82. The highest BCUT2D eigenvalue weighted by Gasteiger charge is 2.10. The number of halogens is 1. The summed E-state index contributed by atoms with van der Waals surface area (Å²) in [5, 5.41) is 0.511. The summed E-state index contributed by atoms with van der Waals surface area (Å²) < 4.78 is 0. The molecule has 1 unspecified atom stereocenters. The van der Waals surface area contributed by atoms with Crippen molar-refractivity contribution >= 4 is 17.4 Å². The molecule has 1 heterocycles. The smallest absolute Gasteiger partial charge is 0.153 e. The molecule has 0 bridgehead atoms. The van der Waals surface area contributed by atoms with Crippen LogP contribution in [0.15, 0.2) is 18.5 Å². The first-order chi connectivity index (χ1) is 6.11. The van der Waals surface area contributed by atoms with Crippen LogP contribution >= 0.6 is 11.6 Å². The summed E-state index contributed by atoms with van der Waals surface area (Å²) in [6.45, 7) is 1.66. The molecule has 2 N–H and O–H groups in total. The predicted octanol–water partition coefficient (Wildman–Crippen LogP) is 1.19. The molecular formula is C9H11ClN2O. The number of hydrogen-bond acceptors (Lipinski definition) is 3. The number of hydrogen-bond donors (Lipinski definition) is 1. The topological polar surface area (TPSA) is 56.0 Å². The van der Waals surface area contributed by atoms with Gasteiger partial charge < -0.3 is 5.73 Å². The maximum atomic E-state index is 11.3. The molecule has 0 saturated heterocycles. The molecule has 0 aliphatic rings. The van der Waals surface area contributed by atoms with Crippen LogP contribution in [0.25, 0.3) is 0 Å². The minimum atomic E-state index is -0.441. The van der Waals surface area contributed by atoms with E-state index in [-0.39, 0.29) is 12.2 Å². The Bertz CT molecular complexity index is 312. The number of carbonyl (C=O) groups is 1. The number of aromatic nitrogens is 1. The number of Topliss-reactive ketones (excluding diaryl/α,β-unsaturated/α-hetero) is 1. The van der Waals surface area contributed by atoms with Crippen molar-refractivity contribution in [3.8, 4) is 0 Å². The molecule has 13 heavy (non-hydrogen) atoms. The molecule has 1 aromatic rings. The van der Waals surface area contributed by atoms with E-state index in [0.717, 1.165) is 5.56 Å². The van der Waals surface area contributed by atoms with Gasteiger partial charge in [-0.3, -0.25) is 9.78 Å². The second kappa shape index (κ2) is 4.35. The molecule has 4 heteroatoms. The average Bonchev–Trinajstić information content (AvgIpc) is 2.08. The van der Waals surface area contributed by atoms with E-state index in [1.807, 2.05) is 0 Å². The molecule has 0 fully saturated rings. The van der Waals surface area contributed by atoms with E-state index in [1.165, 1.54) is 6.20 Å². The van der Waals surface area contributed by atoms with E-state index >= 15 is 0 Å². The number of pyridine rings is 1. The fourth-order valence-corrected chi connectivity index (χ4v) is 1.08. The normalized spacial score (nSPS) is 12.5. The lowest BCUT2D eigenvalue weighted by atomic mass is 10.1. The minimum absolute atomic E-state index is 0.0203. The lowest BCUT2D eigenvalue weighted by Crippen LogP contribution is -2.28. The molecule has 0 radical (unpaired) electrons. The first-order valence-corrected chi connectivity index (χ1v) is 4.35. The van der Waals surface area contributed by atoms with Gasteiger partial charge in [-0.2, -0.15) is 0 Å². The third-order valence-electron chi connectivity index (χ3n) is 1.73. The van der Waals surface area contributed by atoms with E-state index in [4.69, 9.17) is 17.3 Å². The standard InChI is InChI=1S/C9H11ClN2O/c1-6(11)9(13)4-7-2-3-12-5-8(7)10/h2-3,5-6H,4,11H2,1H3. The van der Waals surface area contributed by atoms with Crippen molar-refractivity contribution in [3.05, 3.63) is 29.0 Å². The van der Waals surface area contributed by atoms with Crippen molar-refractivity contribution in [3.63, 3.8) is 0 Å². The van der Waals surface area contributed by atoms with Crippen LogP contribution in [0.1, 0.15) is 12.5 Å². The minimum Gasteiger partial charge on any atom is -0.322 e. The fourth-order valence-electron chi connectivity index (χ4n) is 0.896. The molecule has 0 aromatic carbocycles. The van der Waals surface area contributed by atoms with Gasteiger partial charge >= 0.3 is 0 Å². The molecule has 1 aromatic heterocycles. The van der Waals surface area contributed by atoms with Gasteiger partial charge in [-0.1, -0.05) is 11.6 Å². The Labute approximate surface area is 81.9 Å². The summed E-state index contributed by atoms with van der Waals surface area (Å²) in [6.07, 6.45) is 3.40. The van der Waals surface area contributed by atoms with Gasteiger partial charge in [-0.05, 0) is 18.6 Å². The Hall–Kier alpha value is -0.930. The molecule has 0 aliphatic carbocycles. The maximum absolute atomic E-state index is 11.3. The maximum Gasteiger partial charge on any atom is 0.153 e. The Morgan fingerprint density at radius 3 is 3.00 bits per heavy atom. The lowest BCUT2D eigenvalue weighted by molar-refractivity contribution is -0.119. The Balaban J connectivity index is 2.75. The third-order valence-corrected chi connectivity index (χ3v) is 2.07. The Morgan fingerprint density at radius 2 is 2.46 bits per heavy atom. The van der Waals surface area contributed by atoms with Crippen LogP contribution in [0, 0.1) is 0 Å². The van der Waals surface area contributed by atoms with Crippen molar-refractivity contribution < 1.29 is 4.79 Å². The van der Waals surface area contributed by atoms with Crippen LogP contribution in [-0.2, 0) is 11.2 Å². The van der Waals surface area contributed by atoms with Crippen molar-refractivity contribution in [2.24, 2.45) is 5.73 Å². The first kappa shape index (κ1) is 10.2. The van der Waals surface area contributed by atoms with Gasteiger partial charge in [0, 0.05) is 18.8 Å².